The van der Waals surface area contributed by atoms with Crippen LogP contribution in [0.1, 0.15) is 34.3 Å². The van der Waals surface area contributed by atoms with Gasteiger partial charge in [-0.05, 0) is 60.6 Å². The number of aryl methyl sites for hydroxylation is 1. The van der Waals surface area contributed by atoms with Crippen LogP contribution in [-0.2, 0) is 11.2 Å². The highest BCUT2D eigenvalue weighted by molar-refractivity contribution is 5.94. The summed E-state index contributed by atoms with van der Waals surface area (Å²) in [5.41, 5.74) is 10.5. The number of likely N-dealkylation sites (tertiary alicyclic amines) is 1. The second-order valence-corrected chi connectivity index (χ2v) is 8.32. The standard InChI is InChI=1S/C26H27N3O2/c1-19-6-2-4-8-22(19)23-9-5-3-7-21(23)18-26(25(27)31)12-16-29(17-13-26)24(30)20-10-14-28-15-11-20/h2-11,14-15H,12-13,16-18H2,1H3,(H2,27,31). The maximum absolute atomic E-state index is 12.8. The molecule has 0 aliphatic carbocycles. The smallest absolute Gasteiger partial charge is 0.253 e. The first-order valence-electron chi connectivity index (χ1n) is 10.6. The average Bonchev–Trinajstić information content (AvgIpc) is 2.80. The summed E-state index contributed by atoms with van der Waals surface area (Å²) in [6.45, 7) is 3.12. The number of carbonyl (C=O) groups is 2. The minimum atomic E-state index is -0.659. The maximum Gasteiger partial charge on any atom is 0.253 e. The van der Waals surface area contributed by atoms with Crippen LogP contribution in [0.4, 0.5) is 0 Å². The Kier molecular flexibility index (Phi) is 5.85. The Morgan fingerprint density at radius 1 is 0.935 bits per heavy atom. The van der Waals surface area contributed by atoms with Crippen molar-refractivity contribution in [2.24, 2.45) is 11.1 Å². The third-order valence-electron chi connectivity index (χ3n) is 6.44. The van der Waals surface area contributed by atoms with Gasteiger partial charge in [0.1, 0.15) is 0 Å². The molecule has 5 nitrogen and oxygen atoms in total. The lowest BCUT2D eigenvalue weighted by molar-refractivity contribution is -0.130. The van der Waals surface area contributed by atoms with Gasteiger partial charge >= 0.3 is 0 Å². The third-order valence-corrected chi connectivity index (χ3v) is 6.44. The summed E-state index contributed by atoms with van der Waals surface area (Å²) in [7, 11) is 0. The normalized spacial score (nSPS) is 15.5. The molecule has 1 fully saturated rings. The average molecular weight is 414 g/mol. The molecule has 3 aromatic rings. The summed E-state index contributed by atoms with van der Waals surface area (Å²) in [4.78, 5) is 31.2. The van der Waals surface area contributed by atoms with Crippen molar-refractivity contribution in [1.82, 2.24) is 9.88 Å². The molecule has 1 saturated heterocycles. The zero-order valence-corrected chi connectivity index (χ0v) is 17.8. The lowest BCUT2D eigenvalue weighted by Gasteiger charge is -2.40. The summed E-state index contributed by atoms with van der Waals surface area (Å²) >= 11 is 0. The van der Waals surface area contributed by atoms with Gasteiger partial charge in [-0.1, -0.05) is 48.5 Å². The predicted molar refractivity (Wildman–Crippen MR) is 121 cm³/mol. The van der Waals surface area contributed by atoms with E-state index in [1.807, 2.05) is 29.2 Å². The molecule has 5 heteroatoms. The van der Waals surface area contributed by atoms with Crippen LogP contribution < -0.4 is 5.73 Å². The van der Waals surface area contributed by atoms with Crippen molar-refractivity contribution in [3.63, 3.8) is 0 Å². The van der Waals surface area contributed by atoms with E-state index in [0.717, 1.165) is 11.1 Å². The van der Waals surface area contributed by atoms with Crippen molar-refractivity contribution in [1.29, 1.82) is 0 Å². The first kappa shape index (κ1) is 20.8. The van der Waals surface area contributed by atoms with Gasteiger partial charge in [0.25, 0.3) is 5.91 Å². The second-order valence-electron chi connectivity index (χ2n) is 8.32. The van der Waals surface area contributed by atoms with Gasteiger partial charge in [0, 0.05) is 31.0 Å². The lowest BCUT2D eigenvalue weighted by Crippen LogP contribution is -2.50. The molecule has 158 valence electrons. The molecule has 2 amide bonds. The number of primary amides is 1. The van der Waals surface area contributed by atoms with Gasteiger partial charge in [0.2, 0.25) is 5.91 Å². The number of carbonyl (C=O) groups excluding carboxylic acids is 2. The van der Waals surface area contributed by atoms with Gasteiger partial charge in [0.15, 0.2) is 0 Å². The third kappa shape index (κ3) is 4.22. The number of pyridine rings is 1. The largest absolute Gasteiger partial charge is 0.369 e. The molecular weight excluding hydrogens is 386 g/mol. The van der Waals surface area contributed by atoms with Crippen LogP contribution in [0, 0.1) is 12.3 Å². The fraction of sp³-hybridized carbons (Fsp3) is 0.269. The number of benzene rings is 2. The van der Waals surface area contributed by atoms with E-state index < -0.39 is 5.41 Å². The molecule has 1 aliphatic heterocycles. The summed E-state index contributed by atoms with van der Waals surface area (Å²) in [5, 5.41) is 0. The van der Waals surface area contributed by atoms with E-state index in [9.17, 15) is 9.59 Å². The minimum absolute atomic E-state index is 0.0271. The quantitative estimate of drug-likeness (QED) is 0.687. The topological polar surface area (TPSA) is 76.3 Å². The van der Waals surface area contributed by atoms with Gasteiger partial charge in [-0.25, -0.2) is 0 Å². The van der Waals surface area contributed by atoms with Gasteiger partial charge in [-0.15, -0.1) is 0 Å². The van der Waals surface area contributed by atoms with Crippen molar-refractivity contribution in [2.45, 2.75) is 26.2 Å². The molecule has 0 unspecified atom stereocenters. The van der Waals surface area contributed by atoms with E-state index in [4.69, 9.17) is 5.73 Å². The van der Waals surface area contributed by atoms with Crippen molar-refractivity contribution in [2.75, 3.05) is 13.1 Å². The van der Waals surface area contributed by atoms with E-state index >= 15 is 0 Å². The van der Waals surface area contributed by atoms with Gasteiger partial charge in [0.05, 0.1) is 5.41 Å². The molecule has 0 bridgehead atoms. The van der Waals surface area contributed by atoms with Crippen LogP contribution >= 0.6 is 0 Å². The Bertz CT molecular complexity index is 1090. The molecule has 0 radical (unpaired) electrons. The molecule has 2 aromatic carbocycles. The van der Waals surface area contributed by atoms with Crippen molar-refractivity contribution in [3.05, 3.63) is 89.7 Å². The number of amides is 2. The number of rotatable bonds is 5. The van der Waals surface area contributed by atoms with Crippen LogP contribution in [0.3, 0.4) is 0 Å². The lowest BCUT2D eigenvalue weighted by atomic mass is 9.72. The Balaban J connectivity index is 1.57. The highest BCUT2D eigenvalue weighted by Gasteiger charge is 2.41. The maximum atomic E-state index is 12.8. The SMILES string of the molecule is Cc1ccccc1-c1ccccc1CC1(C(N)=O)CCN(C(=O)c2ccncc2)CC1. The highest BCUT2D eigenvalue weighted by Crippen LogP contribution is 2.38. The van der Waals surface area contributed by atoms with Gasteiger partial charge in [-0.3, -0.25) is 14.6 Å². The van der Waals surface area contributed by atoms with Crippen molar-refractivity contribution >= 4 is 11.8 Å². The van der Waals surface area contributed by atoms with Gasteiger partial charge in [-0.2, -0.15) is 0 Å². The van der Waals surface area contributed by atoms with Crippen LogP contribution in [-0.4, -0.2) is 34.8 Å². The van der Waals surface area contributed by atoms with Crippen molar-refractivity contribution < 1.29 is 9.59 Å². The molecule has 4 rings (SSSR count). The summed E-state index contributed by atoms with van der Waals surface area (Å²) in [5.74, 6) is -0.316. The Labute approximate surface area is 182 Å². The number of nitrogens with two attached hydrogens (primary N) is 1. The van der Waals surface area contributed by atoms with Crippen LogP contribution in [0.25, 0.3) is 11.1 Å². The number of nitrogens with zero attached hydrogens (tertiary/aromatic N) is 2. The van der Waals surface area contributed by atoms with Crippen LogP contribution in [0.5, 0.6) is 0 Å². The molecule has 1 aliphatic rings. The number of aromatic nitrogens is 1. The Hall–Kier alpha value is -3.47. The molecule has 2 N–H and O–H groups in total. The number of piperidine rings is 1. The van der Waals surface area contributed by atoms with Crippen molar-refractivity contribution in [3.8, 4) is 11.1 Å². The van der Waals surface area contributed by atoms with E-state index in [0.29, 0.717) is 37.9 Å². The minimum Gasteiger partial charge on any atom is -0.369 e. The first-order chi connectivity index (χ1) is 15.0. The summed E-state index contributed by atoms with van der Waals surface area (Å²) in [6, 6.07) is 19.9. The molecule has 0 spiro atoms. The summed E-state index contributed by atoms with van der Waals surface area (Å²) < 4.78 is 0. The zero-order chi connectivity index (χ0) is 21.8. The molecule has 31 heavy (non-hydrogen) atoms. The number of hydrogen-bond acceptors (Lipinski definition) is 3. The fourth-order valence-corrected chi connectivity index (χ4v) is 4.50. The second kappa shape index (κ2) is 8.72. The highest BCUT2D eigenvalue weighted by atomic mass is 16.2. The summed E-state index contributed by atoms with van der Waals surface area (Å²) in [6.07, 6.45) is 4.92. The predicted octanol–water partition coefficient (Wildman–Crippen LogP) is 4.01. The van der Waals surface area contributed by atoms with E-state index in [2.05, 4.69) is 36.2 Å². The first-order valence-corrected chi connectivity index (χ1v) is 10.6. The van der Waals surface area contributed by atoms with Crippen LogP contribution in [0.2, 0.25) is 0 Å². The number of hydrogen-bond donors (Lipinski definition) is 1. The monoisotopic (exact) mass is 413 g/mol. The molecule has 2 heterocycles. The molecule has 1 aromatic heterocycles. The zero-order valence-electron chi connectivity index (χ0n) is 17.8. The molecular formula is C26H27N3O2. The Morgan fingerprint density at radius 3 is 2.19 bits per heavy atom. The van der Waals surface area contributed by atoms with Crippen LogP contribution in [0.15, 0.2) is 73.1 Å². The molecule has 0 saturated carbocycles. The fourth-order valence-electron chi connectivity index (χ4n) is 4.50. The van der Waals surface area contributed by atoms with E-state index in [1.165, 1.54) is 11.1 Å². The van der Waals surface area contributed by atoms with E-state index in [1.54, 1.807) is 24.5 Å². The Morgan fingerprint density at radius 2 is 1.55 bits per heavy atom. The molecule has 0 atom stereocenters. The van der Waals surface area contributed by atoms with Gasteiger partial charge < -0.3 is 10.6 Å². The van der Waals surface area contributed by atoms with E-state index in [-0.39, 0.29) is 11.8 Å².